The Morgan fingerprint density at radius 2 is 1.90 bits per heavy atom. The van der Waals surface area contributed by atoms with Gasteiger partial charge in [0.1, 0.15) is 11.7 Å². The lowest BCUT2D eigenvalue weighted by atomic mass is 10.1. The van der Waals surface area contributed by atoms with Gasteiger partial charge in [0.25, 0.3) is 0 Å². The van der Waals surface area contributed by atoms with E-state index in [4.69, 9.17) is 9.47 Å². The Kier molecular flexibility index (Phi) is 3.73. The van der Waals surface area contributed by atoms with E-state index in [9.17, 15) is 14.9 Å². The molecule has 5 nitrogen and oxygen atoms in total. The molecule has 2 unspecified atom stereocenters. The van der Waals surface area contributed by atoms with Gasteiger partial charge >= 0.3 is 11.9 Å². The maximum Gasteiger partial charge on any atom is 0.338 e. The van der Waals surface area contributed by atoms with Crippen LogP contribution in [0.15, 0.2) is 30.3 Å². The molecule has 1 aliphatic rings. The average Bonchev–Trinajstić information content (AvgIpc) is 3.12. The molecule has 0 N–H and O–H groups in total. The fourth-order valence-electron chi connectivity index (χ4n) is 1.89. The van der Waals surface area contributed by atoms with Crippen molar-refractivity contribution >= 4 is 11.9 Å². The summed E-state index contributed by atoms with van der Waals surface area (Å²) in [7, 11) is 0. The van der Waals surface area contributed by atoms with Crippen LogP contribution in [-0.4, -0.2) is 23.6 Å². The first-order chi connectivity index (χ1) is 9.78. The van der Waals surface area contributed by atoms with Crippen LogP contribution in [0.1, 0.15) is 37.6 Å². The number of benzene rings is 1. The van der Waals surface area contributed by atoms with Gasteiger partial charge < -0.3 is 9.47 Å². The Morgan fingerprint density at radius 3 is 2.43 bits per heavy atom. The van der Waals surface area contributed by atoms with Crippen LogP contribution in [-0.2, 0) is 14.3 Å². The van der Waals surface area contributed by atoms with E-state index in [1.165, 1.54) is 0 Å². The van der Waals surface area contributed by atoms with Gasteiger partial charge in [0.05, 0.1) is 11.6 Å². The lowest BCUT2D eigenvalue weighted by molar-refractivity contribution is -0.160. The molecule has 2 atom stereocenters. The number of ether oxygens (including phenoxy) is 2. The molecule has 0 bridgehead atoms. The second-order valence-corrected chi connectivity index (χ2v) is 6.05. The zero-order valence-corrected chi connectivity index (χ0v) is 12.3. The summed E-state index contributed by atoms with van der Waals surface area (Å²) in [6.07, 6.45) is -0.568. The molecule has 0 aromatic heterocycles. The van der Waals surface area contributed by atoms with Crippen molar-refractivity contribution in [3.05, 3.63) is 35.9 Å². The molecule has 2 rings (SSSR count). The standard InChI is InChI=1S/C16H17NO4/c1-15(2,3)21-14(19)16(10-17)9-12(16)20-13(18)11-7-5-4-6-8-11/h4-8,12H,9H2,1-3H3. The molecular weight excluding hydrogens is 270 g/mol. The van der Waals surface area contributed by atoms with Gasteiger partial charge in [-0.05, 0) is 32.9 Å². The zero-order chi connectivity index (χ0) is 15.7. The molecule has 0 aliphatic heterocycles. The third-order valence-corrected chi connectivity index (χ3v) is 3.12. The summed E-state index contributed by atoms with van der Waals surface area (Å²) in [5, 5.41) is 9.24. The molecule has 110 valence electrons. The normalized spacial score (nSPS) is 23.8. The molecular formula is C16H17NO4. The van der Waals surface area contributed by atoms with Crippen LogP contribution in [0.3, 0.4) is 0 Å². The highest BCUT2D eigenvalue weighted by Crippen LogP contribution is 2.49. The van der Waals surface area contributed by atoms with Gasteiger partial charge in [0.15, 0.2) is 5.41 Å². The molecule has 0 saturated heterocycles. The van der Waals surface area contributed by atoms with Crippen LogP contribution in [0.2, 0.25) is 0 Å². The van der Waals surface area contributed by atoms with Crippen LogP contribution >= 0.6 is 0 Å². The number of carbonyl (C=O) groups excluding carboxylic acids is 2. The molecule has 1 saturated carbocycles. The minimum atomic E-state index is -1.36. The Morgan fingerprint density at radius 1 is 1.29 bits per heavy atom. The lowest BCUT2D eigenvalue weighted by Crippen LogP contribution is -2.31. The number of rotatable bonds is 3. The van der Waals surface area contributed by atoms with Crippen LogP contribution in [0.5, 0.6) is 0 Å². The van der Waals surface area contributed by atoms with Gasteiger partial charge in [0, 0.05) is 6.42 Å². The molecule has 1 aromatic carbocycles. The van der Waals surface area contributed by atoms with Crippen molar-refractivity contribution in [2.45, 2.75) is 38.9 Å². The summed E-state index contributed by atoms with van der Waals surface area (Å²) in [5.41, 5.74) is -1.66. The largest absolute Gasteiger partial charge is 0.459 e. The number of nitriles is 1. The van der Waals surface area contributed by atoms with Crippen molar-refractivity contribution in [3.8, 4) is 6.07 Å². The third-order valence-electron chi connectivity index (χ3n) is 3.12. The number of hydrogen-bond acceptors (Lipinski definition) is 5. The summed E-state index contributed by atoms with van der Waals surface area (Å²) in [5.74, 6) is -1.18. The molecule has 0 radical (unpaired) electrons. The number of carbonyl (C=O) groups is 2. The van der Waals surface area contributed by atoms with Gasteiger partial charge in [-0.1, -0.05) is 18.2 Å². The summed E-state index contributed by atoms with van der Waals surface area (Å²) in [6, 6.07) is 10.4. The van der Waals surface area contributed by atoms with Crippen LogP contribution < -0.4 is 0 Å². The zero-order valence-electron chi connectivity index (χ0n) is 12.3. The molecule has 21 heavy (non-hydrogen) atoms. The van der Waals surface area contributed by atoms with E-state index in [2.05, 4.69) is 0 Å². The van der Waals surface area contributed by atoms with E-state index < -0.39 is 29.1 Å². The van der Waals surface area contributed by atoms with Crippen molar-refractivity contribution in [3.63, 3.8) is 0 Å². The maximum absolute atomic E-state index is 12.1. The van der Waals surface area contributed by atoms with E-state index in [-0.39, 0.29) is 6.42 Å². The number of nitrogens with zero attached hydrogens (tertiary/aromatic N) is 1. The Bertz CT molecular complexity index is 597. The molecule has 5 heteroatoms. The molecule has 1 fully saturated rings. The molecule has 0 heterocycles. The van der Waals surface area contributed by atoms with Crippen molar-refractivity contribution in [2.75, 3.05) is 0 Å². The highest BCUT2D eigenvalue weighted by Gasteiger charge is 2.66. The highest BCUT2D eigenvalue weighted by molar-refractivity contribution is 5.91. The topological polar surface area (TPSA) is 76.4 Å². The number of esters is 2. The second kappa shape index (κ2) is 5.21. The van der Waals surface area contributed by atoms with Crippen molar-refractivity contribution in [1.29, 1.82) is 5.26 Å². The fraction of sp³-hybridized carbons (Fsp3) is 0.438. The predicted octanol–water partition coefficient (Wildman–Crippen LogP) is 2.47. The van der Waals surface area contributed by atoms with Crippen LogP contribution in [0.25, 0.3) is 0 Å². The summed E-state index contributed by atoms with van der Waals surface area (Å²) in [4.78, 5) is 24.0. The van der Waals surface area contributed by atoms with E-state index in [0.29, 0.717) is 5.56 Å². The van der Waals surface area contributed by atoms with E-state index in [0.717, 1.165) is 0 Å². The fourth-order valence-corrected chi connectivity index (χ4v) is 1.89. The SMILES string of the molecule is CC(C)(C)OC(=O)C1(C#N)CC1OC(=O)c1ccccc1. The van der Waals surface area contributed by atoms with Crippen molar-refractivity contribution in [2.24, 2.45) is 5.41 Å². The van der Waals surface area contributed by atoms with Gasteiger partial charge in [-0.3, -0.25) is 4.79 Å². The average molecular weight is 287 g/mol. The van der Waals surface area contributed by atoms with Crippen molar-refractivity contribution in [1.82, 2.24) is 0 Å². The Balaban J connectivity index is 2.03. The molecule has 1 aromatic rings. The maximum atomic E-state index is 12.1. The Labute approximate surface area is 123 Å². The van der Waals surface area contributed by atoms with E-state index in [1.807, 2.05) is 6.07 Å². The molecule has 0 amide bonds. The van der Waals surface area contributed by atoms with Gasteiger partial charge in [-0.25, -0.2) is 4.79 Å². The quantitative estimate of drug-likeness (QED) is 0.798. The lowest BCUT2D eigenvalue weighted by Gasteiger charge is -2.21. The molecule has 0 spiro atoms. The highest BCUT2D eigenvalue weighted by atomic mass is 16.6. The minimum absolute atomic E-state index is 0.178. The molecule has 1 aliphatic carbocycles. The van der Waals surface area contributed by atoms with Crippen LogP contribution in [0.4, 0.5) is 0 Å². The predicted molar refractivity (Wildman–Crippen MR) is 74.2 cm³/mol. The third kappa shape index (κ3) is 3.22. The summed E-state index contributed by atoms with van der Waals surface area (Å²) in [6.45, 7) is 5.18. The van der Waals surface area contributed by atoms with Crippen LogP contribution in [0, 0.1) is 16.7 Å². The summed E-state index contributed by atoms with van der Waals surface area (Å²) >= 11 is 0. The van der Waals surface area contributed by atoms with Gasteiger partial charge in [-0.15, -0.1) is 0 Å². The smallest absolute Gasteiger partial charge is 0.338 e. The minimum Gasteiger partial charge on any atom is -0.459 e. The van der Waals surface area contributed by atoms with E-state index >= 15 is 0 Å². The second-order valence-electron chi connectivity index (χ2n) is 6.05. The van der Waals surface area contributed by atoms with Gasteiger partial charge in [-0.2, -0.15) is 5.26 Å². The Hall–Kier alpha value is -2.35. The van der Waals surface area contributed by atoms with Gasteiger partial charge in [0.2, 0.25) is 0 Å². The first-order valence-corrected chi connectivity index (χ1v) is 6.69. The monoisotopic (exact) mass is 287 g/mol. The van der Waals surface area contributed by atoms with E-state index in [1.54, 1.807) is 51.1 Å². The summed E-state index contributed by atoms with van der Waals surface area (Å²) < 4.78 is 10.4. The first kappa shape index (κ1) is 15.0. The van der Waals surface area contributed by atoms with Crippen molar-refractivity contribution < 1.29 is 19.1 Å². The number of hydrogen-bond donors (Lipinski definition) is 0. The first-order valence-electron chi connectivity index (χ1n) is 6.69.